The van der Waals surface area contributed by atoms with Gasteiger partial charge in [0.05, 0.1) is 23.9 Å². The van der Waals surface area contributed by atoms with E-state index < -0.39 is 12.5 Å². The highest BCUT2D eigenvalue weighted by molar-refractivity contribution is 7.13. The lowest BCUT2D eigenvalue weighted by atomic mass is 9.91. The van der Waals surface area contributed by atoms with Crippen LogP contribution in [0.15, 0.2) is 24.4 Å². The number of ether oxygens (including phenoxy) is 2. The number of halogens is 2. The van der Waals surface area contributed by atoms with E-state index in [0.717, 1.165) is 85.7 Å². The summed E-state index contributed by atoms with van der Waals surface area (Å²) in [7, 11) is 1.90. The molecule has 0 saturated carbocycles. The number of alkyl halides is 2. The Morgan fingerprint density at radius 1 is 1.26 bits per heavy atom. The SMILES string of the molecule is Cn1cc2cc(CC(=O)CC3CCC(CCN4CCc5nc(OCC(C)(F)F)sc5CC4)OC3)ccc2n1. The Labute approximate surface area is 226 Å². The summed E-state index contributed by atoms with van der Waals surface area (Å²) in [6.45, 7) is 3.65. The quantitative estimate of drug-likeness (QED) is 0.362. The topological polar surface area (TPSA) is 69.5 Å². The lowest BCUT2D eigenvalue weighted by molar-refractivity contribution is -0.121. The van der Waals surface area contributed by atoms with Crippen molar-refractivity contribution in [1.82, 2.24) is 19.7 Å². The second-order valence-corrected chi connectivity index (χ2v) is 11.9. The van der Waals surface area contributed by atoms with Crippen LogP contribution in [0.4, 0.5) is 8.78 Å². The van der Waals surface area contributed by atoms with Crippen molar-refractivity contribution < 1.29 is 23.0 Å². The summed E-state index contributed by atoms with van der Waals surface area (Å²) in [6, 6.07) is 6.04. The summed E-state index contributed by atoms with van der Waals surface area (Å²) in [5.74, 6) is -2.29. The fraction of sp³-hybridized carbons (Fsp3) is 0.607. The maximum absolute atomic E-state index is 13.1. The Bertz CT molecular complexity index is 1220. The molecule has 5 rings (SSSR count). The van der Waals surface area contributed by atoms with E-state index in [4.69, 9.17) is 9.47 Å². The van der Waals surface area contributed by atoms with Gasteiger partial charge in [0.1, 0.15) is 5.78 Å². The molecule has 0 aliphatic carbocycles. The highest BCUT2D eigenvalue weighted by Crippen LogP contribution is 2.30. The molecule has 0 amide bonds. The van der Waals surface area contributed by atoms with Crippen LogP contribution in [0.1, 0.15) is 48.7 Å². The molecule has 7 nitrogen and oxygen atoms in total. The fourth-order valence-corrected chi connectivity index (χ4v) is 6.31. The van der Waals surface area contributed by atoms with Crippen molar-refractivity contribution in [3.8, 4) is 5.19 Å². The van der Waals surface area contributed by atoms with Gasteiger partial charge in [-0.15, -0.1) is 0 Å². The van der Waals surface area contributed by atoms with E-state index >= 15 is 0 Å². The summed E-state index contributed by atoms with van der Waals surface area (Å²) in [5, 5.41) is 5.81. The van der Waals surface area contributed by atoms with Crippen molar-refractivity contribution in [2.75, 3.05) is 32.8 Å². The third kappa shape index (κ3) is 7.36. The van der Waals surface area contributed by atoms with Gasteiger partial charge in [-0.2, -0.15) is 5.10 Å². The van der Waals surface area contributed by atoms with Gasteiger partial charge in [-0.05, 0) is 49.3 Å². The van der Waals surface area contributed by atoms with Gasteiger partial charge in [0.15, 0.2) is 6.61 Å². The molecule has 2 atom stereocenters. The molecule has 0 radical (unpaired) electrons. The Morgan fingerprint density at radius 2 is 2.11 bits per heavy atom. The number of thiazole rings is 1. The van der Waals surface area contributed by atoms with Crippen LogP contribution in [0, 0.1) is 5.92 Å². The minimum Gasteiger partial charge on any atom is -0.464 e. The number of fused-ring (bicyclic) bond motifs is 2. The van der Waals surface area contributed by atoms with Gasteiger partial charge in [0.2, 0.25) is 0 Å². The zero-order chi connectivity index (χ0) is 26.7. The van der Waals surface area contributed by atoms with Gasteiger partial charge < -0.3 is 14.4 Å². The number of nitrogens with zero attached hydrogens (tertiary/aromatic N) is 4. The molecule has 2 aliphatic heterocycles. The molecule has 3 aromatic rings. The van der Waals surface area contributed by atoms with E-state index in [1.54, 1.807) is 4.68 Å². The summed E-state index contributed by atoms with van der Waals surface area (Å²) >= 11 is 1.39. The van der Waals surface area contributed by atoms with Crippen LogP contribution in [-0.4, -0.2) is 70.3 Å². The number of aromatic nitrogens is 3. The summed E-state index contributed by atoms with van der Waals surface area (Å²) in [4.78, 5) is 20.7. The van der Waals surface area contributed by atoms with E-state index in [1.165, 1.54) is 11.3 Å². The maximum atomic E-state index is 13.1. The monoisotopic (exact) mass is 546 g/mol. The van der Waals surface area contributed by atoms with Crippen molar-refractivity contribution >= 4 is 28.0 Å². The molecule has 10 heteroatoms. The molecule has 4 heterocycles. The number of carbonyl (C=O) groups excluding carboxylic acids is 1. The lowest BCUT2D eigenvalue weighted by Gasteiger charge is -2.30. The summed E-state index contributed by atoms with van der Waals surface area (Å²) in [6.07, 6.45) is 7.91. The highest BCUT2D eigenvalue weighted by atomic mass is 32.1. The lowest BCUT2D eigenvalue weighted by Crippen LogP contribution is -2.33. The second kappa shape index (κ2) is 11.8. The van der Waals surface area contributed by atoms with Gasteiger partial charge in [-0.25, -0.2) is 13.8 Å². The average molecular weight is 547 g/mol. The normalized spacial score (nSPS) is 20.8. The third-order valence-electron chi connectivity index (χ3n) is 7.36. The van der Waals surface area contributed by atoms with E-state index in [0.29, 0.717) is 30.6 Å². The molecular weight excluding hydrogens is 510 g/mol. The Kier molecular flexibility index (Phi) is 8.40. The minimum absolute atomic E-state index is 0.237. The number of Topliss-reactive ketones (excluding diaryl/α,β-unsaturated/α-hetero) is 1. The van der Waals surface area contributed by atoms with Gasteiger partial charge >= 0.3 is 0 Å². The number of ketones is 1. The first-order valence-corrected chi connectivity index (χ1v) is 14.3. The zero-order valence-corrected chi connectivity index (χ0v) is 22.9. The Hall–Kier alpha value is -2.43. The molecule has 0 spiro atoms. The molecule has 0 N–H and O–H groups in total. The largest absolute Gasteiger partial charge is 0.464 e. The molecule has 206 valence electrons. The van der Waals surface area contributed by atoms with E-state index in [-0.39, 0.29) is 11.9 Å². The molecule has 2 unspecified atom stereocenters. The zero-order valence-electron chi connectivity index (χ0n) is 22.1. The fourth-order valence-electron chi connectivity index (χ4n) is 5.37. The van der Waals surface area contributed by atoms with Crippen LogP contribution in [-0.2, 0) is 35.8 Å². The standard InChI is InChI=1S/C28H36F2N4O3S/c1-28(29,30)18-37-27-31-25-8-11-34(12-9-26(25)38-27)10-7-23-5-3-20(17-36-23)15-22(35)14-19-4-6-24-21(13-19)16-33(2)32-24/h4,6,13,16,20,23H,3,5,7-12,14-15,17-18H2,1-2H3. The number of hydrogen-bond donors (Lipinski definition) is 0. The van der Waals surface area contributed by atoms with Crippen molar-refractivity contribution in [3.63, 3.8) is 0 Å². The molecule has 2 aromatic heterocycles. The van der Waals surface area contributed by atoms with Crippen molar-refractivity contribution in [1.29, 1.82) is 0 Å². The van der Waals surface area contributed by atoms with Gasteiger partial charge in [-0.3, -0.25) is 9.48 Å². The molecule has 1 saturated heterocycles. The van der Waals surface area contributed by atoms with Gasteiger partial charge in [0, 0.05) is 69.3 Å². The number of hydrogen-bond acceptors (Lipinski definition) is 7. The number of benzene rings is 1. The Balaban J connectivity index is 1.000. The first-order valence-electron chi connectivity index (χ1n) is 13.5. The molecule has 38 heavy (non-hydrogen) atoms. The van der Waals surface area contributed by atoms with Crippen LogP contribution in [0.3, 0.4) is 0 Å². The second-order valence-electron chi connectivity index (χ2n) is 10.9. The first kappa shape index (κ1) is 27.1. The molecule has 1 aromatic carbocycles. The third-order valence-corrected chi connectivity index (χ3v) is 8.43. The Morgan fingerprint density at radius 3 is 2.89 bits per heavy atom. The number of aryl methyl sites for hydroxylation is 1. The molecule has 1 fully saturated rings. The van der Waals surface area contributed by atoms with Crippen molar-refractivity contribution in [2.45, 2.75) is 63.9 Å². The van der Waals surface area contributed by atoms with Crippen LogP contribution in [0.5, 0.6) is 5.19 Å². The average Bonchev–Trinajstić information content (AvgIpc) is 3.38. The van der Waals surface area contributed by atoms with Crippen molar-refractivity contribution in [2.24, 2.45) is 13.0 Å². The summed E-state index contributed by atoms with van der Waals surface area (Å²) < 4.78 is 39.3. The van der Waals surface area contributed by atoms with E-state index in [2.05, 4.69) is 21.0 Å². The predicted octanol–water partition coefficient (Wildman–Crippen LogP) is 4.85. The van der Waals surface area contributed by atoms with Crippen molar-refractivity contribution in [3.05, 3.63) is 40.5 Å². The minimum atomic E-state index is -2.85. The van der Waals surface area contributed by atoms with E-state index in [9.17, 15) is 13.6 Å². The van der Waals surface area contributed by atoms with Crippen LogP contribution >= 0.6 is 11.3 Å². The summed E-state index contributed by atoms with van der Waals surface area (Å²) in [5.41, 5.74) is 2.97. The van der Waals surface area contributed by atoms with Crippen LogP contribution < -0.4 is 4.74 Å². The maximum Gasteiger partial charge on any atom is 0.278 e. The van der Waals surface area contributed by atoms with E-state index in [1.807, 2.05) is 25.4 Å². The number of carbonyl (C=O) groups is 1. The smallest absolute Gasteiger partial charge is 0.278 e. The molecule has 2 aliphatic rings. The molecular formula is C28H36F2N4O3S. The van der Waals surface area contributed by atoms with Crippen LogP contribution in [0.25, 0.3) is 10.9 Å². The number of rotatable bonds is 10. The van der Waals surface area contributed by atoms with Crippen LogP contribution in [0.2, 0.25) is 0 Å². The van der Waals surface area contributed by atoms with Gasteiger partial charge in [0.25, 0.3) is 11.1 Å². The first-order chi connectivity index (χ1) is 18.2. The predicted molar refractivity (Wildman–Crippen MR) is 143 cm³/mol. The molecule has 0 bridgehead atoms. The highest BCUT2D eigenvalue weighted by Gasteiger charge is 2.26. The van der Waals surface area contributed by atoms with Gasteiger partial charge in [-0.1, -0.05) is 17.4 Å².